The molecule has 0 amide bonds. The maximum absolute atomic E-state index is 5.95. The van der Waals surface area contributed by atoms with Crippen molar-refractivity contribution >= 4 is 10.8 Å². The standard InChI is InChI=1S/C19H27NO/c1-4-12-20-19(14-21-15(3)5-2)18-11-10-16-8-6-7-9-17(16)13-18/h6-11,13,15,19-20H,4-5,12,14H2,1-3H3. The van der Waals surface area contributed by atoms with Crippen LogP contribution in [-0.4, -0.2) is 19.3 Å². The molecule has 2 aromatic carbocycles. The van der Waals surface area contributed by atoms with Crippen LogP contribution in [0.4, 0.5) is 0 Å². The highest BCUT2D eigenvalue weighted by Gasteiger charge is 2.13. The summed E-state index contributed by atoms with van der Waals surface area (Å²) in [5, 5.41) is 6.19. The molecule has 0 heterocycles. The summed E-state index contributed by atoms with van der Waals surface area (Å²) in [4.78, 5) is 0. The summed E-state index contributed by atoms with van der Waals surface area (Å²) in [5.41, 5.74) is 1.31. The van der Waals surface area contributed by atoms with E-state index in [9.17, 15) is 0 Å². The highest BCUT2D eigenvalue weighted by atomic mass is 16.5. The fourth-order valence-electron chi connectivity index (χ4n) is 2.39. The molecule has 0 bridgehead atoms. The smallest absolute Gasteiger partial charge is 0.0665 e. The van der Waals surface area contributed by atoms with Gasteiger partial charge in [-0.15, -0.1) is 0 Å². The fraction of sp³-hybridized carbons (Fsp3) is 0.474. The van der Waals surface area contributed by atoms with Crippen LogP contribution in [0, 0.1) is 0 Å². The van der Waals surface area contributed by atoms with E-state index in [1.165, 1.54) is 16.3 Å². The molecule has 0 aliphatic carbocycles. The summed E-state index contributed by atoms with van der Waals surface area (Å²) in [5.74, 6) is 0. The molecule has 21 heavy (non-hydrogen) atoms. The second-order valence-corrected chi connectivity index (χ2v) is 5.67. The molecule has 0 aliphatic heterocycles. The summed E-state index contributed by atoms with van der Waals surface area (Å²) in [6.45, 7) is 8.24. The van der Waals surface area contributed by atoms with Crippen molar-refractivity contribution in [3.05, 3.63) is 48.0 Å². The molecule has 0 saturated carbocycles. The van der Waals surface area contributed by atoms with Gasteiger partial charge in [-0.1, -0.05) is 50.2 Å². The number of hydrogen-bond acceptors (Lipinski definition) is 2. The Morgan fingerprint density at radius 2 is 1.81 bits per heavy atom. The normalized spacial score (nSPS) is 14.2. The minimum Gasteiger partial charge on any atom is -0.377 e. The molecule has 2 atom stereocenters. The van der Waals surface area contributed by atoms with Crippen LogP contribution in [-0.2, 0) is 4.74 Å². The number of fused-ring (bicyclic) bond motifs is 1. The molecule has 0 fully saturated rings. The Morgan fingerprint density at radius 1 is 1.05 bits per heavy atom. The largest absolute Gasteiger partial charge is 0.377 e. The molecule has 0 saturated heterocycles. The van der Waals surface area contributed by atoms with Gasteiger partial charge >= 0.3 is 0 Å². The third-order valence-electron chi connectivity index (χ3n) is 3.94. The van der Waals surface area contributed by atoms with E-state index in [0.717, 1.165) is 26.0 Å². The molecule has 2 unspecified atom stereocenters. The first-order chi connectivity index (χ1) is 10.2. The Kier molecular flexibility index (Phi) is 6.21. The second kappa shape index (κ2) is 8.16. The third kappa shape index (κ3) is 4.55. The molecule has 0 spiro atoms. The van der Waals surface area contributed by atoms with Gasteiger partial charge in [0, 0.05) is 0 Å². The van der Waals surface area contributed by atoms with Crippen LogP contribution in [0.2, 0.25) is 0 Å². The van der Waals surface area contributed by atoms with E-state index in [1.807, 2.05) is 0 Å². The zero-order valence-corrected chi connectivity index (χ0v) is 13.4. The molecule has 0 aliphatic rings. The van der Waals surface area contributed by atoms with Gasteiger partial charge in [0.1, 0.15) is 0 Å². The fourth-order valence-corrected chi connectivity index (χ4v) is 2.39. The van der Waals surface area contributed by atoms with Gasteiger partial charge in [0.05, 0.1) is 18.8 Å². The van der Waals surface area contributed by atoms with E-state index < -0.39 is 0 Å². The maximum atomic E-state index is 5.95. The topological polar surface area (TPSA) is 21.3 Å². The summed E-state index contributed by atoms with van der Waals surface area (Å²) < 4.78 is 5.95. The Bertz CT molecular complexity index is 552. The lowest BCUT2D eigenvalue weighted by Gasteiger charge is -2.21. The monoisotopic (exact) mass is 285 g/mol. The number of benzene rings is 2. The molecule has 0 aromatic heterocycles. The highest BCUT2D eigenvalue weighted by Crippen LogP contribution is 2.21. The quantitative estimate of drug-likeness (QED) is 0.759. The SMILES string of the molecule is CCCNC(COC(C)CC)c1ccc2ccccc2c1. The molecular weight excluding hydrogens is 258 g/mol. The van der Waals surface area contributed by atoms with Gasteiger partial charge in [-0.25, -0.2) is 0 Å². The average Bonchev–Trinajstić information content (AvgIpc) is 2.54. The minimum atomic E-state index is 0.267. The van der Waals surface area contributed by atoms with Crippen LogP contribution in [0.1, 0.15) is 45.2 Å². The van der Waals surface area contributed by atoms with E-state index >= 15 is 0 Å². The molecule has 2 rings (SSSR count). The number of hydrogen-bond donors (Lipinski definition) is 1. The first-order valence-electron chi connectivity index (χ1n) is 8.08. The Morgan fingerprint density at radius 3 is 2.52 bits per heavy atom. The number of rotatable bonds is 8. The molecule has 1 N–H and O–H groups in total. The van der Waals surface area contributed by atoms with Gasteiger partial charge in [0.2, 0.25) is 0 Å². The predicted molar refractivity (Wildman–Crippen MR) is 90.7 cm³/mol. The van der Waals surface area contributed by atoms with Crippen LogP contribution in [0.3, 0.4) is 0 Å². The molecule has 2 heteroatoms. The summed E-state index contributed by atoms with van der Waals surface area (Å²) in [6.07, 6.45) is 2.50. The maximum Gasteiger partial charge on any atom is 0.0665 e. The molecule has 2 aromatic rings. The lowest BCUT2D eigenvalue weighted by molar-refractivity contribution is 0.0474. The lowest BCUT2D eigenvalue weighted by atomic mass is 10.0. The Hall–Kier alpha value is -1.38. The zero-order valence-electron chi connectivity index (χ0n) is 13.4. The molecular formula is C19H27NO. The summed E-state index contributed by atoms with van der Waals surface area (Å²) >= 11 is 0. The van der Waals surface area contributed by atoms with Crippen molar-refractivity contribution in [2.75, 3.05) is 13.2 Å². The van der Waals surface area contributed by atoms with E-state index in [4.69, 9.17) is 4.74 Å². The molecule has 114 valence electrons. The summed E-state index contributed by atoms with van der Waals surface area (Å²) in [7, 11) is 0. The van der Waals surface area contributed by atoms with E-state index in [-0.39, 0.29) is 6.04 Å². The number of nitrogens with one attached hydrogen (secondary N) is 1. The van der Waals surface area contributed by atoms with E-state index in [0.29, 0.717) is 6.10 Å². The van der Waals surface area contributed by atoms with Gasteiger partial charge in [-0.05, 0) is 48.7 Å². The van der Waals surface area contributed by atoms with Crippen molar-refractivity contribution in [1.82, 2.24) is 5.32 Å². The lowest BCUT2D eigenvalue weighted by Crippen LogP contribution is -2.27. The van der Waals surface area contributed by atoms with Gasteiger partial charge < -0.3 is 10.1 Å². The Labute approximate surface area is 128 Å². The second-order valence-electron chi connectivity index (χ2n) is 5.67. The van der Waals surface area contributed by atoms with Crippen molar-refractivity contribution in [1.29, 1.82) is 0 Å². The Balaban J connectivity index is 2.16. The van der Waals surface area contributed by atoms with Gasteiger partial charge in [0.25, 0.3) is 0 Å². The molecule has 2 nitrogen and oxygen atoms in total. The van der Waals surface area contributed by atoms with Crippen molar-refractivity contribution in [2.45, 2.75) is 45.8 Å². The van der Waals surface area contributed by atoms with Crippen molar-refractivity contribution in [3.8, 4) is 0 Å². The molecule has 0 radical (unpaired) electrons. The van der Waals surface area contributed by atoms with Crippen molar-refractivity contribution < 1.29 is 4.74 Å². The number of ether oxygens (including phenoxy) is 1. The van der Waals surface area contributed by atoms with E-state index in [2.05, 4.69) is 68.6 Å². The zero-order chi connectivity index (χ0) is 15.1. The predicted octanol–water partition coefficient (Wildman–Crippen LogP) is 4.70. The van der Waals surface area contributed by atoms with Gasteiger partial charge in [0.15, 0.2) is 0 Å². The first kappa shape index (κ1) is 16.0. The third-order valence-corrected chi connectivity index (χ3v) is 3.94. The van der Waals surface area contributed by atoms with Gasteiger partial charge in [-0.2, -0.15) is 0 Å². The van der Waals surface area contributed by atoms with Crippen LogP contribution in [0.5, 0.6) is 0 Å². The van der Waals surface area contributed by atoms with Gasteiger partial charge in [-0.3, -0.25) is 0 Å². The van der Waals surface area contributed by atoms with Crippen LogP contribution < -0.4 is 5.32 Å². The van der Waals surface area contributed by atoms with E-state index in [1.54, 1.807) is 0 Å². The van der Waals surface area contributed by atoms with Crippen molar-refractivity contribution in [3.63, 3.8) is 0 Å². The van der Waals surface area contributed by atoms with Crippen LogP contribution in [0.15, 0.2) is 42.5 Å². The van der Waals surface area contributed by atoms with Crippen LogP contribution >= 0.6 is 0 Å². The highest BCUT2D eigenvalue weighted by molar-refractivity contribution is 5.83. The van der Waals surface area contributed by atoms with Crippen LogP contribution in [0.25, 0.3) is 10.8 Å². The van der Waals surface area contributed by atoms with Crippen molar-refractivity contribution in [2.24, 2.45) is 0 Å². The summed E-state index contributed by atoms with van der Waals surface area (Å²) in [6, 6.07) is 15.5. The average molecular weight is 285 g/mol. The first-order valence-corrected chi connectivity index (χ1v) is 8.08. The minimum absolute atomic E-state index is 0.267.